The van der Waals surface area contributed by atoms with Crippen molar-refractivity contribution in [2.75, 3.05) is 26.2 Å². The zero-order valence-electron chi connectivity index (χ0n) is 12.2. The molecule has 2 N–H and O–H groups in total. The number of carbonyl (C=O) groups excluding carboxylic acids is 1. The van der Waals surface area contributed by atoms with E-state index < -0.39 is 5.92 Å². The first-order chi connectivity index (χ1) is 10.00. The van der Waals surface area contributed by atoms with Gasteiger partial charge in [-0.3, -0.25) is 8.32 Å². The Morgan fingerprint density at radius 2 is 1.81 bits per heavy atom. The molecule has 0 unspecified atom stereocenters. The Labute approximate surface area is 138 Å². The first-order valence-electron chi connectivity index (χ1n) is 7.74. The summed E-state index contributed by atoms with van der Waals surface area (Å²) in [6.07, 6.45) is 3.83. The Kier molecular flexibility index (Phi) is 6.61. The lowest BCUT2D eigenvalue weighted by Crippen LogP contribution is -2.44. The minimum atomic E-state index is -2.49. The van der Waals surface area contributed by atoms with Crippen LogP contribution in [0.5, 0.6) is 0 Å². The van der Waals surface area contributed by atoms with Gasteiger partial charge in [0.05, 0.1) is 0 Å². The quantitative estimate of drug-likeness (QED) is 0.535. The van der Waals surface area contributed by atoms with E-state index in [0.717, 1.165) is 25.7 Å². The van der Waals surface area contributed by atoms with Gasteiger partial charge in [-0.2, -0.15) is 0 Å². The lowest BCUT2D eigenvalue weighted by Gasteiger charge is -2.32. The highest BCUT2D eigenvalue weighted by Gasteiger charge is 2.33. The SMILES string of the molecule is O=C(NCCN1CCC(F)(F)CC1)C1CCC(NI)CC1. The standard InChI is InChI=1S/C14H24F2IN3O/c15-14(16)5-8-20(9-6-14)10-7-18-13(21)11-1-3-12(19-17)4-2-11/h11-12,19H,1-10H2,(H,18,21). The van der Waals surface area contributed by atoms with Crippen LogP contribution in [0, 0.1) is 5.92 Å². The first-order valence-corrected chi connectivity index (χ1v) is 8.82. The van der Waals surface area contributed by atoms with Crippen molar-refractivity contribution in [1.82, 2.24) is 13.7 Å². The number of piperidine rings is 1. The molecule has 1 saturated heterocycles. The molecule has 0 aromatic heterocycles. The fourth-order valence-corrected chi connectivity index (χ4v) is 3.67. The molecule has 122 valence electrons. The maximum Gasteiger partial charge on any atom is 0.250 e. The van der Waals surface area contributed by atoms with Gasteiger partial charge in [-0.05, 0) is 25.7 Å². The van der Waals surface area contributed by atoms with E-state index in [9.17, 15) is 13.6 Å². The van der Waals surface area contributed by atoms with E-state index in [0.29, 0.717) is 32.2 Å². The maximum atomic E-state index is 13.0. The van der Waals surface area contributed by atoms with Gasteiger partial charge in [-0.25, -0.2) is 8.78 Å². The molecule has 1 aliphatic carbocycles. The van der Waals surface area contributed by atoms with Gasteiger partial charge >= 0.3 is 0 Å². The molecule has 21 heavy (non-hydrogen) atoms. The van der Waals surface area contributed by atoms with Gasteiger partial charge in [-0.15, -0.1) is 0 Å². The topological polar surface area (TPSA) is 44.4 Å². The second-order valence-electron chi connectivity index (χ2n) is 6.15. The molecule has 1 heterocycles. The number of alkyl halides is 2. The molecule has 2 fully saturated rings. The van der Waals surface area contributed by atoms with Gasteiger partial charge in [-0.1, -0.05) is 0 Å². The summed E-state index contributed by atoms with van der Waals surface area (Å²) in [5.74, 6) is -2.24. The van der Waals surface area contributed by atoms with E-state index >= 15 is 0 Å². The van der Waals surface area contributed by atoms with E-state index in [-0.39, 0.29) is 24.7 Å². The summed E-state index contributed by atoms with van der Waals surface area (Å²) in [6, 6.07) is 0.532. The number of likely N-dealkylation sites (tertiary alicyclic amines) is 1. The normalized spacial score (nSPS) is 30.0. The highest BCUT2D eigenvalue weighted by molar-refractivity contribution is 14.1. The summed E-state index contributed by atoms with van der Waals surface area (Å²) in [5, 5.41) is 2.96. The molecule has 0 bridgehead atoms. The summed E-state index contributed by atoms with van der Waals surface area (Å²) >= 11 is 2.17. The van der Waals surface area contributed by atoms with Crippen molar-refractivity contribution in [3.63, 3.8) is 0 Å². The van der Waals surface area contributed by atoms with Gasteiger partial charge in [0.1, 0.15) is 0 Å². The van der Waals surface area contributed by atoms with E-state index in [4.69, 9.17) is 0 Å². The number of halogens is 3. The smallest absolute Gasteiger partial charge is 0.250 e. The number of hydrogen-bond acceptors (Lipinski definition) is 3. The number of nitrogens with one attached hydrogen (secondary N) is 2. The molecule has 0 radical (unpaired) electrons. The summed E-state index contributed by atoms with van der Waals surface area (Å²) < 4.78 is 29.3. The molecule has 2 rings (SSSR count). The van der Waals surface area contributed by atoms with Crippen molar-refractivity contribution in [3.8, 4) is 0 Å². The Balaban J connectivity index is 1.60. The van der Waals surface area contributed by atoms with Crippen molar-refractivity contribution in [2.24, 2.45) is 5.92 Å². The van der Waals surface area contributed by atoms with Crippen molar-refractivity contribution in [3.05, 3.63) is 0 Å². The van der Waals surface area contributed by atoms with E-state index in [2.05, 4.69) is 31.7 Å². The molecule has 2 aliphatic rings. The summed E-state index contributed by atoms with van der Waals surface area (Å²) in [7, 11) is 0. The van der Waals surface area contributed by atoms with Crippen LogP contribution in [0.1, 0.15) is 38.5 Å². The molecule has 1 saturated carbocycles. The zero-order chi connectivity index (χ0) is 15.3. The predicted molar refractivity (Wildman–Crippen MR) is 86.5 cm³/mol. The Morgan fingerprint density at radius 1 is 1.19 bits per heavy atom. The van der Waals surface area contributed by atoms with Crippen LogP contribution in [0.2, 0.25) is 0 Å². The predicted octanol–water partition coefficient (Wildman–Crippen LogP) is 2.33. The van der Waals surface area contributed by atoms with Crippen molar-refractivity contribution >= 4 is 28.8 Å². The highest BCUT2D eigenvalue weighted by atomic mass is 127. The third-order valence-electron chi connectivity index (χ3n) is 4.57. The van der Waals surface area contributed by atoms with Crippen molar-refractivity contribution < 1.29 is 13.6 Å². The number of carbonyl (C=O) groups is 1. The third kappa shape index (κ3) is 5.59. The molecule has 1 aliphatic heterocycles. The van der Waals surface area contributed by atoms with Crippen LogP contribution in [-0.2, 0) is 4.79 Å². The Hall–Kier alpha value is -0.0200. The van der Waals surface area contributed by atoms with Crippen molar-refractivity contribution in [2.45, 2.75) is 50.5 Å². The van der Waals surface area contributed by atoms with Crippen LogP contribution in [0.3, 0.4) is 0 Å². The lowest BCUT2D eigenvalue weighted by atomic mass is 9.86. The molecular weight excluding hydrogens is 391 g/mol. The lowest BCUT2D eigenvalue weighted by molar-refractivity contribution is -0.126. The van der Waals surface area contributed by atoms with E-state index in [1.807, 2.05) is 4.90 Å². The summed E-state index contributed by atoms with van der Waals surface area (Å²) in [4.78, 5) is 14.1. The average molecular weight is 415 g/mol. The number of hydrogen-bond donors (Lipinski definition) is 2. The molecule has 0 atom stereocenters. The van der Waals surface area contributed by atoms with Crippen LogP contribution in [0.15, 0.2) is 0 Å². The van der Waals surface area contributed by atoms with Gasteiger partial charge in [0.15, 0.2) is 0 Å². The average Bonchev–Trinajstić information content (AvgIpc) is 2.49. The number of rotatable bonds is 5. The molecule has 0 aromatic carbocycles. The van der Waals surface area contributed by atoms with Crippen LogP contribution in [0.25, 0.3) is 0 Å². The van der Waals surface area contributed by atoms with E-state index in [1.165, 1.54) is 0 Å². The second kappa shape index (κ2) is 8.01. The second-order valence-corrected chi connectivity index (χ2v) is 6.77. The maximum absolute atomic E-state index is 13.0. The summed E-state index contributed by atoms with van der Waals surface area (Å²) in [5.41, 5.74) is 0. The minimum Gasteiger partial charge on any atom is -0.355 e. The van der Waals surface area contributed by atoms with Crippen molar-refractivity contribution in [1.29, 1.82) is 0 Å². The Morgan fingerprint density at radius 3 is 2.38 bits per heavy atom. The molecular formula is C14H24F2IN3O. The molecule has 1 amide bonds. The summed E-state index contributed by atoms with van der Waals surface area (Å²) in [6.45, 7) is 2.09. The molecule has 0 aromatic rings. The monoisotopic (exact) mass is 415 g/mol. The Bertz CT molecular complexity index is 339. The van der Waals surface area contributed by atoms with Gasteiger partial charge in [0.25, 0.3) is 5.92 Å². The molecule has 0 spiro atoms. The minimum absolute atomic E-state index is 0.0612. The van der Waals surface area contributed by atoms with Crippen LogP contribution < -0.4 is 8.85 Å². The fourth-order valence-electron chi connectivity index (χ4n) is 3.05. The molecule has 7 heteroatoms. The zero-order valence-corrected chi connectivity index (χ0v) is 14.4. The van der Waals surface area contributed by atoms with Crippen LogP contribution in [-0.4, -0.2) is 49.0 Å². The number of amides is 1. The van der Waals surface area contributed by atoms with E-state index in [1.54, 1.807) is 0 Å². The largest absolute Gasteiger partial charge is 0.355 e. The fraction of sp³-hybridized carbons (Fsp3) is 0.929. The highest BCUT2D eigenvalue weighted by Crippen LogP contribution is 2.27. The number of nitrogens with zero attached hydrogens (tertiary/aromatic N) is 1. The molecule has 4 nitrogen and oxygen atoms in total. The van der Waals surface area contributed by atoms with Crippen LogP contribution in [0.4, 0.5) is 8.78 Å². The van der Waals surface area contributed by atoms with Crippen LogP contribution >= 0.6 is 22.9 Å². The van der Waals surface area contributed by atoms with Gasteiger partial charge in [0, 0.05) is 73.8 Å². The first kappa shape index (κ1) is 17.3. The van der Waals surface area contributed by atoms with Gasteiger partial charge in [0.2, 0.25) is 5.91 Å². The third-order valence-corrected chi connectivity index (χ3v) is 5.45. The van der Waals surface area contributed by atoms with Gasteiger partial charge < -0.3 is 10.2 Å².